The Balaban J connectivity index is 0.000000547. The van der Waals surface area contributed by atoms with Gasteiger partial charge in [0.2, 0.25) is 0 Å². The van der Waals surface area contributed by atoms with Crippen molar-refractivity contribution in [1.29, 1.82) is 0 Å². The van der Waals surface area contributed by atoms with Crippen molar-refractivity contribution in [3.63, 3.8) is 0 Å². The van der Waals surface area contributed by atoms with Crippen molar-refractivity contribution >= 4 is 5.57 Å². The van der Waals surface area contributed by atoms with Gasteiger partial charge in [-0.1, -0.05) is 83.4 Å². The second-order valence-corrected chi connectivity index (χ2v) is 5.78. The second kappa shape index (κ2) is 15.9. The van der Waals surface area contributed by atoms with Crippen LogP contribution in [0, 0.1) is 18.8 Å². The highest BCUT2D eigenvalue weighted by Gasteiger charge is 2.01. The summed E-state index contributed by atoms with van der Waals surface area (Å²) in [7, 11) is 0. The van der Waals surface area contributed by atoms with Gasteiger partial charge in [0.1, 0.15) is 0 Å². The Morgan fingerprint density at radius 2 is 1.66 bits per heavy atom. The van der Waals surface area contributed by atoms with E-state index < -0.39 is 0 Å². The fourth-order valence-corrected chi connectivity index (χ4v) is 2.18. The third-order valence-electron chi connectivity index (χ3n) is 3.53. The lowest BCUT2D eigenvalue weighted by atomic mass is 10.1. The van der Waals surface area contributed by atoms with E-state index in [1.165, 1.54) is 5.56 Å². The van der Waals surface area contributed by atoms with E-state index in [9.17, 15) is 0 Å². The molecule has 0 unspecified atom stereocenters. The fraction of sp³-hybridized carbons (Fsp3) is 0.308. The van der Waals surface area contributed by atoms with Gasteiger partial charge < -0.3 is 0 Å². The lowest BCUT2D eigenvalue weighted by molar-refractivity contribution is 1.07. The van der Waals surface area contributed by atoms with E-state index in [0.717, 1.165) is 34.4 Å². The van der Waals surface area contributed by atoms with Crippen LogP contribution in [0.2, 0.25) is 0 Å². The van der Waals surface area contributed by atoms with Gasteiger partial charge >= 0.3 is 0 Å². The number of hydrogen-bond acceptors (Lipinski definition) is 2. The Hall–Kier alpha value is -3.12. The van der Waals surface area contributed by atoms with Crippen molar-refractivity contribution in [2.24, 2.45) is 0 Å². The molecule has 0 bridgehead atoms. The summed E-state index contributed by atoms with van der Waals surface area (Å²) in [5.41, 5.74) is 6.08. The first-order chi connectivity index (χ1) is 14.1. The third-order valence-corrected chi connectivity index (χ3v) is 3.53. The number of allylic oxidation sites excluding steroid dienone is 1. The number of aryl methyl sites for hydroxylation is 2. The lowest BCUT2D eigenvalue weighted by Crippen LogP contribution is -1.83. The standard InChI is InChI=1S/C14H13N3.C8H10.2C2H6/c1-10(2)14-13(9-16-17-14)5-4-12-6-11(3)7-15-8-12;1-2-8-6-4-3-5-7-8;2*1-2/h6-9H,1H2,2-3H3,(H,16,17);3-7H,2H2,1H3;2*1-2H3. The molecular weight excluding hydrogens is 354 g/mol. The van der Waals surface area contributed by atoms with Crippen LogP contribution in [-0.2, 0) is 6.42 Å². The smallest absolute Gasteiger partial charge is 0.0757 e. The number of benzene rings is 1. The molecule has 0 atom stereocenters. The van der Waals surface area contributed by atoms with Crippen LogP contribution in [0.25, 0.3) is 5.57 Å². The number of rotatable bonds is 2. The van der Waals surface area contributed by atoms with Crippen LogP contribution in [0.5, 0.6) is 0 Å². The van der Waals surface area contributed by atoms with Crippen molar-refractivity contribution in [2.45, 2.75) is 54.9 Å². The molecule has 2 aromatic heterocycles. The Labute approximate surface area is 177 Å². The van der Waals surface area contributed by atoms with Crippen LogP contribution < -0.4 is 0 Å². The fourth-order valence-electron chi connectivity index (χ4n) is 2.18. The van der Waals surface area contributed by atoms with Crippen molar-refractivity contribution in [3.05, 3.63) is 89.5 Å². The summed E-state index contributed by atoms with van der Waals surface area (Å²) in [4.78, 5) is 4.10. The van der Waals surface area contributed by atoms with Crippen molar-refractivity contribution in [2.75, 3.05) is 0 Å². The molecule has 0 aliphatic heterocycles. The Morgan fingerprint density at radius 3 is 2.17 bits per heavy atom. The number of H-pyrrole nitrogens is 1. The molecule has 154 valence electrons. The minimum atomic E-state index is 0.860. The molecule has 0 aliphatic carbocycles. The number of pyridine rings is 1. The second-order valence-electron chi connectivity index (χ2n) is 5.78. The monoisotopic (exact) mass is 389 g/mol. The van der Waals surface area contributed by atoms with E-state index in [1.54, 1.807) is 12.4 Å². The molecule has 3 heteroatoms. The minimum absolute atomic E-state index is 0.860. The van der Waals surface area contributed by atoms with Gasteiger partial charge in [-0.15, -0.1) is 0 Å². The van der Waals surface area contributed by atoms with E-state index >= 15 is 0 Å². The number of hydrogen-bond donors (Lipinski definition) is 1. The minimum Gasteiger partial charge on any atom is -0.277 e. The maximum absolute atomic E-state index is 4.10. The summed E-state index contributed by atoms with van der Waals surface area (Å²) in [5, 5.41) is 6.85. The highest BCUT2D eigenvalue weighted by atomic mass is 15.1. The summed E-state index contributed by atoms with van der Waals surface area (Å²) in [6.07, 6.45) is 6.41. The van der Waals surface area contributed by atoms with Crippen LogP contribution in [-0.4, -0.2) is 15.2 Å². The first-order valence-electron chi connectivity index (χ1n) is 10.3. The first kappa shape index (κ1) is 25.9. The molecule has 3 rings (SSSR count). The summed E-state index contributed by atoms with van der Waals surface area (Å²) >= 11 is 0. The van der Waals surface area contributed by atoms with E-state index in [4.69, 9.17) is 0 Å². The van der Waals surface area contributed by atoms with Crippen LogP contribution in [0.15, 0.2) is 61.6 Å². The van der Waals surface area contributed by atoms with Gasteiger partial charge in [0.05, 0.1) is 17.5 Å². The molecule has 1 N–H and O–H groups in total. The highest BCUT2D eigenvalue weighted by Crippen LogP contribution is 2.12. The SMILES string of the molecule is C=C(C)c1[nH]ncc1C#Cc1cncc(C)c1.CC.CC.CCc1ccccc1. The van der Waals surface area contributed by atoms with Gasteiger partial charge in [-0.3, -0.25) is 10.1 Å². The van der Waals surface area contributed by atoms with Crippen LogP contribution in [0.3, 0.4) is 0 Å². The zero-order valence-corrected chi connectivity index (χ0v) is 19.0. The normalized spacial score (nSPS) is 8.52. The molecule has 0 saturated heterocycles. The predicted molar refractivity (Wildman–Crippen MR) is 127 cm³/mol. The van der Waals surface area contributed by atoms with Crippen LogP contribution in [0.1, 0.15) is 69.5 Å². The summed E-state index contributed by atoms with van der Waals surface area (Å²) in [6.45, 7) is 18.0. The molecule has 0 fully saturated rings. The molecular formula is C26H35N3. The molecule has 0 amide bonds. The topological polar surface area (TPSA) is 41.6 Å². The first-order valence-corrected chi connectivity index (χ1v) is 10.3. The molecule has 0 saturated carbocycles. The zero-order valence-electron chi connectivity index (χ0n) is 19.0. The van der Waals surface area contributed by atoms with Gasteiger partial charge in [0.15, 0.2) is 0 Å². The maximum Gasteiger partial charge on any atom is 0.0757 e. The summed E-state index contributed by atoms with van der Waals surface area (Å²) in [6, 6.07) is 12.5. The Kier molecular flexibility index (Phi) is 14.2. The highest BCUT2D eigenvalue weighted by molar-refractivity contribution is 5.64. The Bertz CT molecular complexity index is 881. The van der Waals surface area contributed by atoms with Gasteiger partial charge in [-0.05, 0) is 43.0 Å². The predicted octanol–water partition coefficient (Wildman–Crippen LogP) is 6.85. The number of aromatic amines is 1. The van der Waals surface area contributed by atoms with E-state index in [-0.39, 0.29) is 0 Å². The van der Waals surface area contributed by atoms with Gasteiger partial charge in [0.25, 0.3) is 0 Å². The van der Waals surface area contributed by atoms with E-state index in [1.807, 2.05) is 59.9 Å². The average Bonchev–Trinajstić information content (AvgIpc) is 3.25. The number of nitrogens with zero attached hydrogens (tertiary/aromatic N) is 2. The number of aromatic nitrogens is 3. The van der Waals surface area contributed by atoms with E-state index in [2.05, 4.69) is 64.8 Å². The van der Waals surface area contributed by atoms with Gasteiger partial charge in [0, 0.05) is 18.0 Å². The van der Waals surface area contributed by atoms with Crippen molar-refractivity contribution < 1.29 is 0 Å². The van der Waals surface area contributed by atoms with Crippen molar-refractivity contribution in [1.82, 2.24) is 15.2 Å². The molecule has 3 nitrogen and oxygen atoms in total. The van der Waals surface area contributed by atoms with Gasteiger partial charge in [-0.25, -0.2) is 0 Å². The summed E-state index contributed by atoms with van der Waals surface area (Å²) < 4.78 is 0. The Morgan fingerprint density at radius 1 is 1.00 bits per heavy atom. The average molecular weight is 390 g/mol. The molecule has 0 aliphatic rings. The van der Waals surface area contributed by atoms with Crippen LogP contribution in [0.4, 0.5) is 0 Å². The number of nitrogens with one attached hydrogen (secondary N) is 1. The third kappa shape index (κ3) is 10.1. The summed E-state index contributed by atoms with van der Waals surface area (Å²) in [5.74, 6) is 6.14. The molecule has 1 aromatic carbocycles. The molecule has 0 spiro atoms. The van der Waals surface area contributed by atoms with Crippen LogP contribution >= 0.6 is 0 Å². The molecule has 2 heterocycles. The maximum atomic E-state index is 4.10. The van der Waals surface area contributed by atoms with E-state index in [0.29, 0.717) is 0 Å². The lowest BCUT2D eigenvalue weighted by Gasteiger charge is -1.94. The molecule has 29 heavy (non-hydrogen) atoms. The quantitative estimate of drug-likeness (QED) is 0.487. The molecule has 3 aromatic rings. The largest absolute Gasteiger partial charge is 0.277 e. The van der Waals surface area contributed by atoms with Crippen molar-refractivity contribution in [3.8, 4) is 11.8 Å². The molecule has 0 radical (unpaired) electrons. The van der Waals surface area contributed by atoms with Gasteiger partial charge in [-0.2, -0.15) is 5.10 Å². The zero-order chi connectivity index (χ0) is 22.1.